The van der Waals surface area contributed by atoms with Gasteiger partial charge >= 0.3 is 0 Å². The summed E-state index contributed by atoms with van der Waals surface area (Å²) in [6, 6.07) is 5.64. The van der Waals surface area contributed by atoms with Crippen LogP contribution in [0.1, 0.15) is 25.7 Å². The third-order valence-corrected chi connectivity index (χ3v) is 4.13. The van der Waals surface area contributed by atoms with E-state index in [1.165, 1.54) is 0 Å². The third kappa shape index (κ3) is 2.67. The molecule has 0 bridgehead atoms. The molecule has 1 aromatic carbocycles. The monoisotopic (exact) mass is 292 g/mol. The molecule has 0 amide bonds. The molecule has 1 heterocycles. The van der Waals surface area contributed by atoms with E-state index in [1.807, 2.05) is 12.1 Å². The summed E-state index contributed by atoms with van der Waals surface area (Å²) < 4.78 is 5.98. The number of hydrogen-bond donors (Lipinski definition) is 2. The number of nitrogens with one attached hydrogen (secondary N) is 1. The summed E-state index contributed by atoms with van der Waals surface area (Å²) >= 11 is 6.22. The van der Waals surface area contributed by atoms with Gasteiger partial charge in [-0.3, -0.25) is 4.79 Å². The Morgan fingerprint density at radius 1 is 1.25 bits per heavy atom. The van der Waals surface area contributed by atoms with Crippen LogP contribution in [0.15, 0.2) is 29.2 Å². The lowest BCUT2D eigenvalue weighted by Crippen LogP contribution is -2.31. The number of pyridine rings is 1. The lowest BCUT2D eigenvalue weighted by molar-refractivity contribution is 0.147. The molecule has 0 spiro atoms. The molecule has 1 aliphatic rings. The normalized spacial score (nSPS) is 22.9. The van der Waals surface area contributed by atoms with Crippen molar-refractivity contribution in [3.63, 3.8) is 0 Å². The highest BCUT2D eigenvalue weighted by atomic mass is 35.5. The van der Waals surface area contributed by atoms with Gasteiger partial charge in [-0.1, -0.05) is 11.6 Å². The maximum Gasteiger partial charge on any atom is 0.255 e. The Kier molecular flexibility index (Phi) is 3.68. The second-order valence-corrected chi connectivity index (χ2v) is 5.74. The number of aromatic amines is 1. The maximum absolute atomic E-state index is 11.7. The van der Waals surface area contributed by atoms with Crippen LogP contribution in [0.4, 0.5) is 0 Å². The van der Waals surface area contributed by atoms with Gasteiger partial charge in [-0.05, 0) is 49.3 Å². The van der Waals surface area contributed by atoms with Gasteiger partial charge in [0.2, 0.25) is 0 Å². The molecule has 106 valence electrons. The highest BCUT2D eigenvalue weighted by Gasteiger charge is 2.20. The Balaban J connectivity index is 1.88. The van der Waals surface area contributed by atoms with Crippen molar-refractivity contribution in [1.29, 1.82) is 0 Å². The van der Waals surface area contributed by atoms with E-state index in [1.54, 1.807) is 12.3 Å². The molecule has 1 saturated carbocycles. The summed E-state index contributed by atoms with van der Waals surface area (Å²) in [6.45, 7) is 0. The molecular formula is C15H17ClN2O2. The van der Waals surface area contributed by atoms with E-state index in [9.17, 15) is 4.79 Å². The Morgan fingerprint density at radius 2 is 2.00 bits per heavy atom. The summed E-state index contributed by atoms with van der Waals surface area (Å²) in [4.78, 5) is 14.3. The standard InChI is InChI=1S/C15H17ClN2O2/c16-13-8-12-9(5-6-18-15(12)19)7-14(13)20-11-3-1-10(17)2-4-11/h5-8,10-11H,1-4,17H2,(H,18,19). The summed E-state index contributed by atoms with van der Waals surface area (Å²) in [7, 11) is 0. The van der Waals surface area contributed by atoms with Crippen LogP contribution >= 0.6 is 11.6 Å². The number of H-pyrrole nitrogens is 1. The SMILES string of the molecule is NC1CCC(Oc2cc3cc[nH]c(=O)c3cc2Cl)CC1. The van der Waals surface area contributed by atoms with Crippen molar-refractivity contribution in [2.45, 2.75) is 37.8 Å². The largest absolute Gasteiger partial charge is 0.489 e. The zero-order chi connectivity index (χ0) is 14.1. The maximum atomic E-state index is 11.7. The van der Waals surface area contributed by atoms with Crippen molar-refractivity contribution in [2.24, 2.45) is 5.73 Å². The van der Waals surface area contributed by atoms with Crippen molar-refractivity contribution >= 4 is 22.4 Å². The predicted molar refractivity (Wildman–Crippen MR) is 80.4 cm³/mol. The quantitative estimate of drug-likeness (QED) is 0.894. The molecule has 0 atom stereocenters. The van der Waals surface area contributed by atoms with Crippen LogP contribution in [-0.4, -0.2) is 17.1 Å². The Labute approximate surface area is 121 Å². The van der Waals surface area contributed by atoms with E-state index in [2.05, 4.69) is 4.98 Å². The van der Waals surface area contributed by atoms with Crippen LogP contribution in [0.25, 0.3) is 10.8 Å². The van der Waals surface area contributed by atoms with Gasteiger partial charge in [0.15, 0.2) is 0 Å². The Hall–Kier alpha value is -1.52. The topological polar surface area (TPSA) is 68.1 Å². The van der Waals surface area contributed by atoms with Crippen LogP contribution in [-0.2, 0) is 0 Å². The molecular weight excluding hydrogens is 276 g/mol. The minimum Gasteiger partial charge on any atom is -0.489 e. The average Bonchev–Trinajstić information content (AvgIpc) is 2.43. The lowest BCUT2D eigenvalue weighted by atomic mass is 9.94. The van der Waals surface area contributed by atoms with Crippen LogP contribution in [0.3, 0.4) is 0 Å². The van der Waals surface area contributed by atoms with Gasteiger partial charge in [0.05, 0.1) is 11.1 Å². The molecule has 5 heteroatoms. The van der Waals surface area contributed by atoms with E-state index in [0.29, 0.717) is 22.2 Å². The Bertz CT molecular complexity index is 675. The van der Waals surface area contributed by atoms with Crippen LogP contribution in [0.2, 0.25) is 5.02 Å². The fraction of sp³-hybridized carbons (Fsp3) is 0.400. The summed E-state index contributed by atoms with van der Waals surface area (Å²) in [5.41, 5.74) is 5.75. The number of fused-ring (bicyclic) bond motifs is 1. The van der Waals surface area contributed by atoms with E-state index in [0.717, 1.165) is 31.1 Å². The van der Waals surface area contributed by atoms with Gasteiger partial charge in [0.1, 0.15) is 5.75 Å². The van der Waals surface area contributed by atoms with Crippen molar-refractivity contribution in [3.8, 4) is 5.75 Å². The van der Waals surface area contributed by atoms with E-state index >= 15 is 0 Å². The van der Waals surface area contributed by atoms with Crippen LogP contribution in [0.5, 0.6) is 5.75 Å². The first kappa shape index (κ1) is 13.5. The first-order valence-electron chi connectivity index (χ1n) is 6.86. The van der Waals surface area contributed by atoms with Gasteiger partial charge in [0.25, 0.3) is 5.56 Å². The van der Waals surface area contributed by atoms with Crippen molar-refractivity contribution in [1.82, 2.24) is 4.98 Å². The molecule has 0 saturated heterocycles. The molecule has 0 aliphatic heterocycles. The van der Waals surface area contributed by atoms with Crippen molar-refractivity contribution < 1.29 is 4.74 Å². The molecule has 20 heavy (non-hydrogen) atoms. The number of nitrogens with two attached hydrogens (primary N) is 1. The minimum absolute atomic E-state index is 0.139. The molecule has 3 rings (SSSR count). The Morgan fingerprint density at radius 3 is 2.75 bits per heavy atom. The smallest absolute Gasteiger partial charge is 0.255 e. The number of hydrogen-bond acceptors (Lipinski definition) is 3. The molecule has 0 radical (unpaired) electrons. The molecule has 3 N–H and O–H groups in total. The van der Waals surface area contributed by atoms with E-state index in [4.69, 9.17) is 22.1 Å². The van der Waals surface area contributed by atoms with Crippen LogP contribution < -0.4 is 16.0 Å². The number of halogens is 1. The van der Waals surface area contributed by atoms with Gasteiger partial charge < -0.3 is 15.5 Å². The molecule has 2 aromatic rings. The highest BCUT2D eigenvalue weighted by molar-refractivity contribution is 6.32. The summed E-state index contributed by atoms with van der Waals surface area (Å²) in [6.07, 6.45) is 5.65. The fourth-order valence-corrected chi connectivity index (χ4v) is 2.87. The van der Waals surface area contributed by atoms with Gasteiger partial charge in [-0.15, -0.1) is 0 Å². The van der Waals surface area contributed by atoms with Gasteiger partial charge in [-0.2, -0.15) is 0 Å². The van der Waals surface area contributed by atoms with Gasteiger partial charge in [-0.25, -0.2) is 0 Å². The van der Waals surface area contributed by atoms with Crippen LogP contribution in [0, 0.1) is 0 Å². The highest BCUT2D eigenvalue weighted by Crippen LogP contribution is 2.31. The first-order chi connectivity index (χ1) is 9.63. The summed E-state index contributed by atoms with van der Waals surface area (Å²) in [5, 5.41) is 1.89. The van der Waals surface area contributed by atoms with E-state index in [-0.39, 0.29) is 11.7 Å². The average molecular weight is 293 g/mol. The zero-order valence-corrected chi connectivity index (χ0v) is 11.8. The molecule has 1 aromatic heterocycles. The second kappa shape index (κ2) is 5.46. The second-order valence-electron chi connectivity index (χ2n) is 5.33. The fourth-order valence-electron chi connectivity index (χ4n) is 2.66. The molecule has 4 nitrogen and oxygen atoms in total. The number of benzene rings is 1. The molecule has 1 aliphatic carbocycles. The van der Waals surface area contributed by atoms with E-state index < -0.39 is 0 Å². The number of rotatable bonds is 2. The number of aromatic nitrogens is 1. The molecule has 1 fully saturated rings. The lowest BCUT2D eigenvalue weighted by Gasteiger charge is -2.27. The van der Waals surface area contributed by atoms with Crippen molar-refractivity contribution in [3.05, 3.63) is 39.8 Å². The zero-order valence-electron chi connectivity index (χ0n) is 11.1. The minimum atomic E-state index is -0.139. The third-order valence-electron chi connectivity index (χ3n) is 3.84. The molecule has 0 unspecified atom stereocenters. The number of ether oxygens (including phenoxy) is 1. The van der Waals surface area contributed by atoms with Gasteiger partial charge in [0, 0.05) is 17.6 Å². The summed E-state index contributed by atoms with van der Waals surface area (Å²) in [5.74, 6) is 0.644. The predicted octanol–water partition coefficient (Wildman–Crippen LogP) is 2.83. The first-order valence-corrected chi connectivity index (χ1v) is 7.24. The van der Waals surface area contributed by atoms with Crippen molar-refractivity contribution in [2.75, 3.05) is 0 Å².